The van der Waals surface area contributed by atoms with E-state index in [1.165, 1.54) is 38.5 Å². The fraction of sp³-hybridized carbons (Fsp3) is 1.00. The Balaban J connectivity index is 1.49. The van der Waals surface area contributed by atoms with Crippen molar-refractivity contribution in [1.29, 1.82) is 0 Å². The Hall–Kier alpha value is -0.0400. The van der Waals surface area contributed by atoms with Crippen LogP contribution in [-0.2, 0) is 4.74 Å². The molecule has 0 radical (unpaired) electrons. The molecule has 0 unspecified atom stereocenters. The first-order chi connectivity index (χ1) is 7.98. The molecule has 0 atom stereocenters. The molecule has 3 rings (SSSR count). The predicted octanol–water partition coefficient (Wildman–Crippen LogP) is 4.66. The van der Waals surface area contributed by atoms with E-state index in [0.29, 0.717) is 5.41 Å². The van der Waals surface area contributed by atoms with Crippen molar-refractivity contribution in [3.63, 3.8) is 0 Å². The Labute approximate surface area is 107 Å². The molecule has 3 aliphatic rings. The molecule has 0 aromatic heterocycles. The van der Waals surface area contributed by atoms with Gasteiger partial charge in [-0.25, -0.2) is 0 Å². The van der Waals surface area contributed by atoms with Crippen LogP contribution in [0.4, 0.5) is 0 Å². The molecule has 0 N–H and O–H groups in total. The van der Waals surface area contributed by atoms with Crippen molar-refractivity contribution in [2.24, 2.45) is 22.7 Å². The first-order valence-electron chi connectivity index (χ1n) is 7.56. The molecule has 1 nitrogen and oxygen atoms in total. The van der Waals surface area contributed by atoms with Gasteiger partial charge in [-0.05, 0) is 48.3 Å². The second-order valence-corrected chi connectivity index (χ2v) is 7.49. The Morgan fingerprint density at radius 3 is 2.18 bits per heavy atom. The average molecular weight is 238 g/mol. The van der Waals surface area contributed by atoms with Gasteiger partial charge in [0, 0.05) is 6.61 Å². The molecule has 3 saturated carbocycles. The molecule has 3 aliphatic carbocycles. The van der Waals surface area contributed by atoms with Crippen LogP contribution in [-0.4, -0.2) is 13.2 Å². The molecule has 0 aromatic rings. The van der Waals surface area contributed by atoms with Crippen LogP contribution in [0.25, 0.3) is 0 Å². The summed E-state index contributed by atoms with van der Waals surface area (Å²) in [6, 6.07) is 0. The van der Waals surface area contributed by atoms with Gasteiger partial charge in [0.15, 0.2) is 0 Å². The highest BCUT2D eigenvalue weighted by Gasteiger charge is 2.68. The van der Waals surface area contributed by atoms with Crippen molar-refractivity contribution >= 4 is 0 Å². The zero-order valence-corrected chi connectivity index (χ0v) is 12.2. The molecule has 100 valence electrons. The standard InChI is InChI=1S/C16H30O/c1-13(2)7-5-6-8-17-12-15-9-16(10-15,11-15)14(3)4/h13-14H,5-12H2,1-4H3. The van der Waals surface area contributed by atoms with Crippen molar-refractivity contribution in [2.75, 3.05) is 13.2 Å². The van der Waals surface area contributed by atoms with Crippen LogP contribution in [0, 0.1) is 22.7 Å². The summed E-state index contributed by atoms with van der Waals surface area (Å²) in [7, 11) is 0. The van der Waals surface area contributed by atoms with E-state index in [2.05, 4.69) is 27.7 Å². The van der Waals surface area contributed by atoms with Gasteiger partial charge in [-0.3, -0.25) is 0 Å². The van der Waals surface area contributed by atoms with Crippen molar-refractivity contribution in [3.05, 3.63) is 0 Å². The molecule has 0 heterocycles. The highest BCUT2D eigenvalue weighted by molar-refractivity contribution is 5.17. The Morgan fingerprint density at radius 2 is 1.65 bits per heavy atom. The van der Waals surface area contributed by atoms with E-state index < -0.39 is 0 Å². The van der Waals surface area contributed by atoms with Gasteiger partial charge < -0.3 is 4.74 Å². The van der Waals surface area contributed by atoms with Crippen LogP contribution in [0.15, 0.2) is 0 Å². The molecule has 1 heteroatoms. The highest BCUT2D eigenvalue weighted by Crippen LogP contribution is 2.76. The minimum atomic E-state index is 0.627. The lowest BCUT2D eigenvalue weighted by atomic mass is 9.32. The molecule has 17 heavy (non-hydrogen) atoms. The van der Waals surface area contributed by atoms with Gasteiger partial charge in [-0.15, -0.1) is 0 Å². The summed E-state index contributed by atoms with van der Waals surface area (Å²) in [4.78, 5) is 0. The normalized spacial score (nSPS) is 34.9. The maximum Gasteiger partial charge on any atom is 0.0523 e. The van der Waals surface area contributed by atoms with E-state index in [0.717, 1.165) is 30.5 Å². The number of hydrogen-bond acceptors (Lipinski definition) is 1. The van der Waals surface area contributed by atoms with Gasteiger partial charge >= 0.3 is 0 Å². The second-order valence-electron chi connectivity index (χ2n) is 7.49. The summed E-state index contributed by atoms with van der Waals surface area (Å²) in [6.07, 6.45) is 8.28. The van der Waals surface area contributed by atoms with Crippen LogP contribution in [0.3, 0.4) is 0 Å². The highest BCUT2D eigenvalue weighted by atomic mass is 16.5. The fourth-order valence-corrected chi connectivity index (χ4v) is 3.90. The molecule has 0 spiro atoms. The minimum absolute atomic E-state index is 0.627. The Morgan fingerprint density at radius 1 is 1.00 bits per heavy atom. The molecule has 0 saturated heterocycles. The van der Waals surface area contributed by atoms with Gasteiger partial charge in [-0.2, -0.15) is 0 Å². The first kappa shape index (κ1) is 13.4. The topological polar surface area (TPSA) is 9.23 Å². The lowest BCUT2D eigenvalue weighted by Gasteiger charge is -2.73. The van der Waals surface area contributed by atoms with Crippen LogP contribution < -0.4 is 0 Å². The summed E-state index contributed by atoms with van der Waals surface area (Å²) in [6.45, 7) is 11.4. The summed E-state index contributed by atoms with van der Waals surface area (Å²) < 4.78 is 5.89. The van der Waals surface area contributed by atoms with Crippen LogP contribution in [0.1, 0.15) is 66.2 Å². The fourth-order valence-electron chi connectivity index (χ4n) is 3.90. The third-order valence-corrected chi connectivity index (χ3v) is 5.13. The van der Waals surface area contributed by atoms with Crippen LogP contribution >= 0.6 is 0 Å². The van der Waals surface area contributed by atoms with Crippen molar-refractivity contribution in [3.8, 4) is 0 Å². The zero-order chi connectivity index (χ0) is 12.5. The summed E-state index contributed by atoms with van der Waals surface area (Å²) in [5.41, 5.74) is 1.36. The number of unbranched alkanes of at least 4 members (excludes halogenated alkanes) is 1. The van der Waals surface area contributed by atoms with E-state index in [1.807, 2.05) is 0 Å². The SMILES string of the molecule is CC(C)CCCCOCC12CC(C(C)C)(C1)C2. The Bertz CT molecular complexity index is 234. The van der Waals surface area contributed by atoms with E-state index in [4.69, 9.17) is 4.74 Å². The van der Waals surface area contributed by atoms with Crippen LogP contribution in [0.2, 0.25) is 0 Å². The summed E-state index contributed by atoms with van der Waals surface area (Å²) >= 11 is 0. The van der Waals surface area contributed by atoms with E-state index in [1.54, 1.807) is 0 Å². The van der Waals surface area contributed by atoms with Gasteiger partial charge in [0.05, 0.1) is 6.61 Å². The molecule has 0 amide bonds. The maximum atomic E-state index is 5.89. The summed E-state index contributed by atoms with van der Waals surface area (Å²) in [5, 5.41) is 0. The minimum Gasteiger partial charge on any atom is -0.381 e. The Kier molecular flexibility index (Phi) is 3.87. The monoisotopic (exact) mass is 238 g/mol. The number of hydrogen-bond donors (Lipinski definition) is 0. The maximum absolute atomic E-state index is 5.89. The second kappa shape index (κ2) is 4.91. The third kappa shape index (κ3) is 2.70. The predicted molar refractivity (Wildman–Crippen MR) is 73.1 cm³/mol. The third-order valence-electron chi connectivity index (χ3n) is 5.13. The lowest BCUT2D eigenvalue weighted by Crippen LogP contribution is -2.65. The van der Waals surface area contributed by atoms with Crippen molar-refractivity contribution in [1.82, 2.24) is 0 Å². The molecule has 0 aromatic carbocycles. The quantitative estimate of drug-likeness (QED) is 0.559. The first-order valence-corrected chi connectivity index (χ1v) is 7.56. The molecule has 3 fully saturated rings. The number of rotatable bonds is 8. The lowest BCUT2D eigenvalue weighted by molar-refractivity contribution is -0.252. The van der Waals surface area contributed by atoms with E-state index >= 15 is 0 Å². The van der Waals surface area contributed by atoms with Crippen molar-refractivity contribution < 1.29 is 4.74 Å². The largest absolute Gasteiger partial charge is 0.381 e. The zero-order valence-electron chi connectivity index (χ0n) is 12.2. The van der Waals surface area contributed by atoms with E-state index in [-0.39, 0.29) is 0 Å². The number of ether oxygens (including phenoxy) is 1. The average Bonchev–Trinajstić information content (AvgIpc) is 2.10. The van der Waals surface area contributed by atoms with Gasteiger partial charge in [0.25, 0.3) is 0 Å². The van der Waals surface area contributed by atoms with Gasteiger partial charge in [-0.1, -0.05) is 40.5 Å². The molecular formula is C16H30O. The smallest absolute Gasteiger partial charge is 0.0523 e. The molecule has 2 bridgehead atoms. The van der Waals surface area contributed by atoms with Gasteiger partial charge in [0.2, 0.25) is 0 Å². The summed E-state index contributed by atoms with van der Waals surface area (Å²) in [5.74, 6) is 1.73. The molecular weight excluding hydrogens is 208 g/mol. The molecule has 0 aliphatic heterocycles. The van der Waals surface area contributed by atoms with E-state index in [9.17, 15) is 0 Å². The van der Waals surface area contributed by atoms with Crippen molar-refractivity contribution in [2.45, 2.75) is 66.2 Å². The van der Waals surface area contributed by atoms with Crippen LogP contribution in [0.5, 0.6) is 0 Å². The van der Waals surface area contributed by atoms with Gasteiger partial charge in [0.1, 0.15) is 0 Å².